The fourth-order valence-corrected chi connectivity index (χ4v) is 9.27. The Labute approximate surface area is 433 Å². The lowest BCUT2D eigenvalue weighted by molar-refractivity contribution is -0.173. The predicted octanol–water partition coefficient (Wildman–Crippen LogP) is 9.22. The number of benzene rings is 4. The zero-order valence-corrected chi connectivity index (χ0v) is 42.1. The van der Waals surface area contributed by atoms with Crippen molar-refractivity contribution in [2.75, 3.05) is 40.0 Å². The van der Waals surface area contributed by atoms with Crippen LogP contribution in [0, 0.1) is 25.2 Å². The number of morpholine rings is 1. The number of aliphatic imine (C=N–C) groups is 1. The molecule has 2 aliphatic heterocycles. The molecule has 2 fully saturated rings. The third-order valence-corrected chi connectivity index (χ3v) is 13.3. The predicted molar refractivity (Wildman–Crippen MR) is 273 cm³/mol. The van der Waals surface area contributed by atoms with Gasteiger partial charge in [0, 0.05) is 104 Å². The van der Waals surface area contributed by atoms with Crippen LogP contribution in [0.1, 0.15) is 62.1 Å². The second-order valence-electron chi connectivity index (χ2n) is 17.6. The minimum atomic E-state index is -1.10. The summed E-state index contributed by atoms with van der Waals surface area (Å²) in [5, 5.41) is 29.9. The maximum absolute atomic E-state index is 12.1. The number of ether oxygens (including phenoxy) is 6. The number of hydrogen-bond donors (Lipinski definition) is 2. The van der Waals surface area contributed by atoms with Crippen molar-refractivity contribution in [3.63, 3.8) is 0 Å². The van der Waals surface area contributed by atoms with Gasteiger partial charge in [-0.3, -0.25) is 29.6 Å². The van der Waals surface area contributed by atoms with E-state index in [9.17, 15) is 25.1 Å². The fourth-order valence-electron chi connectivity index (χ4n) is 8.79. The Morgan fingerprint density at radius 1 is 0.726 bits per heavy atom. The number of nitrogens with zero attached hydrogens (tertiary/aromatic N) is 6. The summed E-state index contributed by atoms with van der Waals surface area (Å²) in [7, 11) is 1.69. The van der Waals surface area contributed by atoms with E-state index in [1.807, 2.05) is 49.1 Å². The topological polar surface area (TPSA) is 198 Å². The second kappa shape index (κ2) is 24.5. The monoisotopic (exact) mass is 1030 g/mol. The summed E-state index contributed by atoms with van der Waals surface area (Å²) in [4.78, 5) is 40.4. The van der Waals surface area contributed by atoms with E-state index in [-0.39, 0.29) is 46.1 Å². The number of rotatable bonds is 20. The van der Waals surface area contributed by atoms with Crippen LogP contribution < -0.4 is 18.9 Å². The first kappa shape index (κ1) is 52.2. The molecule has 0 saturated carbocycles. The first-order valence-electron chi connectivity index (χ1n) is 23.6. The highest BCUT2D eigenvalue weighted by Gasteiger charge is 2.32. The summed E-state index contributed by atoms with van der Waals surface area (Å²) in [6.07, 6.45) is 7.81. The van der Waals surface area contributed by atoms with Gasteiger partial charge in [-0.15, -0.1) is 0 Å². The molecule has 18 heteroatoms. The van der Waals surface area contributed by atoms with Gasteiger partial charge < -0.3 is 38.6 Å². The normalized spacial score (nSPS) is 16.2. The van der Waals surface area contributed by atoms with Gasteiger partial charge in [0.2, 0.25) is 6.23 Å². The van der Waals surface area contributed by atoms with Gasteiger partial charge >= 0.3 is 11.9 Å². The number of aliphatic carboxylic acids is 2. The van der Waals surface area contributed by atoms with E-state index in [0.717, 1.165) is 44.5 Å². The lowest BCUT2D eigenvalue weighted by atomic mass is 9.92. The summed E-state index contributed by atoms with van der Waals surface area (Å²) in [6.45, 7) is 6.91. The lowest BCUT2D eigenvalue weighted by Gasteiger charge is -2.33. The van der Waals surface area contributed by atoms with Gasteiger partial charge in [-0.25, -0.2) is 4.79 Å². The fraction of sp³-hybridized carbons (Fsp3) is 0.309. The molecule has 0 unspecified atom stereocenters. The number of pyridine rings is 2. The first-order chi connectivity index (χ1) is 35.4. The van der Waals surface area contributed by atoms with E-state index < -0.39 is 24.2 Å². The molecule has 0 aliphatic carbocycles. The highest BCUT2D eigenvalue weighted by Crippen LogP contribution is 2.38. The van der Waals surface area contributed by atoms with Crippen LogP contribution in [0.2, 0.25) is 10.0 Å². The zero-order chi connectivity index (χ0) is 51.4. The molecule has 2 atom stereocenters. The average molecular weight is 1030 g/mol. The number of halogens is 2. The van der Waals surface area contributed by atoms with Gasteiger partial charge in [-0.2, -0.15) is 5.26 Å². The third kappa shape index (κ3) is 13.1. The van der Waals surface area contributed by atoms with E-state index in [2.05, 4.69) is 33.2 Å². The lowest BCUT2D eigenvalue weighted by Crippen LogP contribution is -2.49. The summed E-state index contributed by atoms with van der Waals surface area (Å²) in [6, 6.07) is 23.9. The molecule has 2 N–H and O–H groups in total. The molecular weight excluding hydrogens is 976 g/mol. The third-order valence-electron chi connectivity index (χ3n) is 12.7. The van der Waals surface area contributed by atoms with Crippen molar-refractivity contribution in [2.24, 2.45) is 4.99 Å². The molecule has 4 aromatic carbocycles. The minimum Gasteiger partial charge on any atom is -0.488 e. The van der Waals surface area contributed by atoms with Crippen LogP contribution in [0.5, 0.6) is 23.0 Å². The van der Waals surface area contributed by atoms with Crippen molar-refractivity contribution in [1.82, 2.24) is 19.8 Å². The molecule has 0 spiro atoms. The van der Waals surface area contributed by atoms with E-state index >= 15 is 0 Å². The molecule has 0 radical (unpaired) electrons. The summed E-state index contributed by atoms with van der Waals surface area (Å²) in [5.74, 6) is -0.356. The van der Waals surface area contributed by atoms with Gasteiger partial charge in [0.15, 0.2) is 0 Å². The number of aromatic nitrogens is 2. The van der Waals surface area contributed by atoms with Crippen LogP contribution in [0.4, 0.5) is 0 Å². The van der Waals surface area contributed by atoms with Gasteiger partial charge in [0.05, 0.1) is 35.4 Å². The van der Waals surface area contributed by atoms with E-state index in [1.165, 1.54) is 6.20 Å². The average Bonchev–Trinajstić information content (AvgIpc) is 3.39. The van der Waals surface area contributed by atoms with Crippen LogP contribution in [-0.4, -0.2) is 100 Å². The number of carboxylic acids is 2. The van der Waals surface area contributed by atoms with Crippen molar-refractivity contribution in [2.45, 2.75) is 72.1 Å². The van der Waals surface area contributed by atoms with E-state index in [0.29, 0.717) is 88.0 Å². The van der Waals surface area contributed by atoms with Crippen molar-refractivity contribution < 1.29 is 48.2 Å². The standard InChI is InChI=1S/C55H54Cl2N6O10/c1-34-40(31-72-51-19-49(70-29-38-15-36(21-58)23-60-25-38)42(17-46(51)56)27-62-12-14-68-33-48(62)54(64)65)7-4-9-44(34)45-10-5-8-41(35(45)2)32-73-52-20-50(71-30-39-16-37(22-59-3)24-61-26-39)43(18-47(52)57)28-63-11-6-13-69-53(63)55(66)67/h4-5,7-10,15-20,22-26,48,53H,6,11-14,27-33H2,1-3H3,(H,64,65)(H,66,67)/b59-22+/t48-,53-/m1/s1. The van der Waals surface area contributed by atoms with Crippen molar-refractivity contribution in [3.8, 4) is 40.2 Å². The molecule has 16 nitrogen and oxygen atoms in total. The van der Waals surface area contributed by atoms with Crippen LogP contribution in [-0.2, 0) is 58.6 Å². The van der Waals surface area contributed by atoms with Crippen LogP contribution >= 0.6 is 23.2 Å². The van der Waals surface area contributed by atoms with E-state index in [1.54, 1.807) is 67.1 Å². The Hall–Kier alpha value is -7.10. The summed E-state index contributed by atoms with van der Waals surface area (Å²) in [5.41, 5.74) is 9.91. The Morgan fingerprint density at radius 2 is 1.30 bits per heavy atom. The number of hydrogen-bond acceptors (Lipinski definition) is 14. The molecule has 378 valence electrons. The van der Waals surface area contributed by atoms with Crippen molar-refractivity contribution in [1.29, 1.82) is 5.26 Å². The summed E-state index contributed by atoms with van der Waals surface area (Å²) < 4.78 is 36.7. The highest BCUT2D eigenvalue weighted by molar-refractivity contribution is 6.32. The maximum Gasteiger partial charge on any atom is 0.348 e. The Morgan fingerprint density at radius 3 is 1.88 bits per heavy atom. The highest BCUT2D eigenvalue weighted by atomic mass is 35.5. The summed E-state index contributed by atoms with van der Waals surface area (Å²) >= 11 is 13.8. The quantitative estimate of drug-likeness (QED) is 0.0686. The molecule has 2 aromatic heterocycles. The first-order valence-corrected chi connectivity index (χ1v) is 24.3. The molecule has 4 heterocycles. The van der Waals surface area contributed by atoms with Gasteiger partial charge in [-0.05, 0) is 77.9 Å². The molecule has 0 bridgehead atoms. The minimum absolute atomic E-state index is 0.0605. The number of nitriles is 1. The van der Waals surface area contributed by atoms with E-state index in [4.69, 9.17) is 51.6 Å². The second-order valence-corrected chi connectivity index (χ2v) is 18.4. The van der Waals surface area contributed by atoms with Gasteiger partial charge in [-0.1, -0.05) is 59.6 Å². The zero-order valence-electron chi connectivity index (χ0n) is 40.6. The van der Waals surface area contributed by atoms with Crippen LogP contribution in [0.15, 0.2) is 103 Å². The largest absolute Gasteiger partial charge is 0.488 e. The Balaban J connectivity index is 1.01. The Kier molecular flexibility index (Phi) is 17.6. The molecule has 6 aromatic rings. The molecule has 8 rings (SSSR count). The van der Waals surface area contributed by atoms with Crippen molar-refractivity contribution >= 4 is 41.4 Å². The SMILES string of the molecule is C/N=C/c1cncc(COc2cc(OCc3cccc(-c4cccc(COc5cc(OCc6cncc(C#N)c6)c(CN6CCOC[C@@H]6C(=O)O)cc5Cl)c4C)c3C)c(Cl)cc2CN2CCCO[C@@H]2C(=O)O)c1. The molecular formula is C55H54Cl2N6O10. The number of carboxylic acid groups (broad SMARTS) is 2. The van der Waals surface area contributed by atoms with Gasteiger partial charge in [0.25, 0.3) is 0 Å². The number of carbonyl (C=O) groups is 2. The van der Waals surface area contributed by atoms with Gasteiger partial charge in [0.1, 0.15) is 61.5 Å². The maximum atomic E-state index is 12.1. The smallest absolute Gasteiger partial charge is 0.348 e. The Bertz CT molecular complexity index is 3040. The molecule has 73 heavy (non-hydrogen) atoms. The van der Waals surface area contributed by atoms with Crippen LogP contribution in [0.25, 0.3) is 11.1 Å². The van der Waals surface area contributed by atoms with Crippen molar-refractivity contribution in [3.05, 3.63) is 163 Å². The molecule has 2 saturated heterocycles. The molecule has 0 amide bonds. The molecule has 2 aliphatic rings. The van der Waals surface area contributed by atoms with Crippen LogP contribution in [0.3, 0.4) is 0 Å².